The zero-order valence-electron chi connectivity index (χ0n) is 13.7. The Hall–Kier alpha value is -1.27. The molecule has 4 aliphatic rings. The predicted octanol–water partition coefficient (Wildman–Crippen LogP) is 3.63. The molecule has 0 radical (unpaired) electrons. The van der Waals surface area contributed by atoms with Crippen LogP contribution in [0, 0.1) is 23.7 Å². The zero-order chi connectivity index (χ0) is 17.5. The molecular formula is C17H23F3O4. The van der Waals surface area contributed by atoms with Crippen molar-refractivity contribution in [2.45, 2.75) is 70.3 Å². The third kappa shape index (κ3) is 3.86. The summed E-state index contributed by atoms with van der Waals surface area (Å²) in [6.45, 7) is 0.769. The first kappa shape index (κ1) is 17.5. The largest absolute Gasteiger partial charge is 0.462 e. The van der Waals surface area contributed by atoms with Crippen LogP contribution >= 0.6 is 0 Å². The Morgan fingerprint density at radius 2 is 1.46 bits per heavy atom. The molecule has 0 aromatic carbocycles. The normalized spacial score (nSPS) is 35.6. The van der Waals surface area contributed by atoms with Crippen LogP contribution in [0.3, 0.4) is 0 Å². The number of carbonyl (C=O) groups excluding carboxylic acids is 2. The van der Waals surface area contributed by atoms with Crippen molar-refractivity contribution >= 4 is 11.9 Å². The highest BCUT2D eigenvalue weighted by molar-refractivity contribution is 5.77. The molecule has 0 N–H and O–H groups in total. The molecule has 4 saturated carbocycles. The van der Waals surface area contributed by atoms with Gasteiger partial charge in [-0.2, -0.15) is 13.2 Å². The lowest BCUT2D eigenvalue weighted by Crippen LogP contribution is -2.50. The Balaban J connectivity index is 1.42. The minimum absolute atomic E-state index is 0.0737. The second kappa shape index (κ2) is 6.56. The molecule has 0 aromatic heterocycles. The van der Waals surface area contributed by atoms with Gasteiger partial charge in [-0.05, 0) is 62.7 Å². The lowest BCUT2D eigenvalue weighted by Gasteiger charge is -2.53. The Morgan fingerprint density at radius 1 is 0.958 bits per heavy atom. The van der Waals surface area contributed by atoms with Gasteiger partial charge in [-0.3, -0.25) is 9.59 Å². The highest BCUT2D eigenvalue weighted by atomic mass is 19.4. The van der Waals surface area contributed by atoms with Crippen LogP contribution < -0.4 is 0 Å². The first-order valence-electron chi connectivity index (χ1n) is 8.68. The van der Waals surface area contributed by atoms with Crippen LogP contribution in [0.15, 0.2) is 0 Å². The molecule has 4 bridgehead atoms. The smallest absolute Gasteiger partial charge is 0.425 e. The summed E-state index contributed by atoms with van der Waals surface area (Å²) in [5, 5.41) is 0. The van der Waals surface area contributed by atoms with Gasteiger partial charge in [-0.1, -0.05) is 0 Å². The molecule has 0 aliphatic heterocycles. The molecule has 0 amide bonds. The van der Waals surface area contributed by atoms with Crippen molar-refractivity contribution in [3.63, 3.8) is 0 Å². The first-order valence-corrected chi connectivity index (χ1v) is 8.68. The average Bonchev–Trinajstić information content (AvgIpc) is 2.47. The standard InChI is InChI=1S/C17H23F3O4/c1-9(17(18,19)20)23-14(21)2-3-15(22)24-16-12-5-10-4-11(7-12)8-13(16)6-10/h9-13,16H,2-8H2,1H3. The van der Waals surface area contributed by atoms with E-state index in [2.05, 4.69) is 4.74 Å². The van der Waals surface area contributed by atoms with Gasteiger partial charge in [-0.15, -0.1) is 0 Å². The fraction of sp³-hybridized carbons (Fsp3) is 0.882. The molecule has 4 rings (SSSR count). The van der Waals surface area contributed by atoms with Crippen LogP contribution in [0.4, 0.5) is 13.2 Å². The number of hydrogen-bond donors (Lipinski definition) is 0. The van der Waals surface area contributed by atoms with Gasteiger partial charge in [0.15, 0.2) is 6.10 Å². The van der Waals surface area contributed by atoms with E-state index >= 15 is 0 Å². The second-order valence-corrected chi connectivity index (χ2v) is 7.56. The lowest BCUT2D eigenvalue weighted by molar-refractivity contribution is -0.216. The number of ether oxygens (including phenoxy) is 2. The highest BCUT2D eigenvalue weighted by Crippen LogP contribution is 2.54. The summed E-state index contributed by atoms with van der Waals surface area (Å²) in [6.07, 6.45) is -1.70. The number of rotatable bonds is 5. The summed E-state index contributed by atoms with van der Waals surface area (Å²) in [4.78, 5) is 23.4. The SMILES string of the molecule is CC(OC(=O)CCC(=O)OC1C2CC3CC(C2)CC1C3)C(F)(F)F. The van der Waals surface area contributed by atoms with Gasteiger partial charge in [0.25, 0.3) is 0 Å². The maximum atomic E-state index is 12.3. The summed E-state index contributed by atoms with van der Waals surface area (Å²) in [5.41, 5.74) is 0. The van der Waals surface area contributed by atoms with Crippen molar-refractivity contribution in [1.82, 2.24) is 0 Å². The van der Waals surface area contributed by atoms with E-state index in [9.17, 15) is 22.8 Å². The van der Waals surface area contributed by atoms with E-state index in [0.29, 0.717) is 11.8 Å². The van der Waals surface area contributed by atoms with Crippen LogP contribution in [0.1, 0.15) is 51.9 Å². The first-order chi connectivity index (χ1) is 11.2. The maximum absolute atomic E-state index is 12.3. The minimum Gasteiger partial charge on any atom is -0.462 e. The zero-order valence-corrected chi connectivity index (χ0v) is 13.7. The summed E-state index contributed by atoms with van der Waals surface area (Å²) < 4.78 is 46.8. The van der Waals surface area contributed by atoms with Crippen molar-refractivity contribution in [2.24, 2.45) is 23.7 Å². The van der Waals surface area contributed by atoms with E-state index < -0.39 is 24.2 Å². The van der Waals surface area contributed by atoms with Crippen LogP contribution in [-0.4, -0.2) is 30.3 Å². The Bertz CT molecular complexity index is 475. The van der Waals surface area contributed by atoms with E-state index in [0.717, 1.165) is 44.4 Å². The van der Waals surface area contributed by atoms with E-state index in [-0.39, 0.29) is 18.9 Å². The monoisotopic (exact) mass is 348 g/mol. The van der Waals surface area contributed by atoms with E-state index in [1.807, 2.05) is 0 Å². The number of carbonyl (C=O) groups is 2. The number of alkyl halides is 3. The molecule has 7 heteroatoms. The molecule has 4 fully saturated rings. The lowest BCUT2D eigenvalue weighted by atomic mass is 9.55. The summed E-state index contributed by atoms with van der Waals surface area (Å²) in [6, 6.07) is 0. The quantitative estimate of drug-likeness (QED) is 0.712. The van der Waals surface area contributed by atoms with Gasteiger partial charge in [0.05, 0.1) is 12.8 Å². The van der Waals surface area contributed by atoms with Crippen LogP contribution in [0.2, 0.25) is 0 Å². The summed E-state index contributed by atoms with van der Waals surface area (Å²) >= 11 is 0. The number of esters is 2. The average molecular weight is 348 g/mol. The van der Waals surface area contributed by atoms with Crippen molar-refractivity contribution < 1.29 is 32.2 Å². The molecule has 1 atom stereocenters. The molecule has 136 valence electrons. The van der Waals surface area contributed by atoms with Crippen LogP contribution in [0.25, 0.3) is 0 Å². The van der Waals surface area contributed by atoms with Crippen molar-refractivity contribution in [3.05, 3.63) is 0 Å². The van der Waals surface area contributed by atoms with E-state index in [4.69, 9.17) is 4.74 Å². The molecule has 4 nitrogen and oxygen atoms in total. The van der Waals surface area contributed by atoms with Gasteiger partial charge in [0, 0.05) is 0 Å². The van der Waals surface area contributed by atoms with Gasteiger partial charge in [0.1, 0.15) is 6.10 Å². The molecule has 0 aromatic rings. The van der Waals surface area contributed by atoms with E-state index in [1.54, 1.807) is 0 Å². The molecule has 0 spiro atoms. The number of halogens is 3. The maximum Gasteiger partial charge on any atom is 0.425 e. The summed E-state index contributed by atoms with van der Waals surface area (Å²) in [7, 11) is 0. The molecule has 1 unspecified atom stereocenters. The van der Waals surface area contributed by atoms with Crippen LogP contribution in [0.5, 0.6) is 0 Å². The highest BCUT2D eigenvalue weighted by Gasteiger charge is 2.49. The van der Waals surface area contributed by atoms with Crippen molar-refractivity contribution in [3.8, 4) is 0 Å². The van der Waals surface area contributed by atoms with Gasteiger partial charge in [0.2, 0.25) is 0 Å². The topological polar surface area (TPSA) is 52.6 Å². The van der Waals surface area contributed by atoms with Gasteiger partial charge in [-0.25, -0.2) is 0 Å². The minimum atomic E-state index is -4.59. The molecule has 24 heavy (non-hydrogen) atoms. The molecule has 0 saturated heterocycles. The van der Waals surface area contributed by atoms with Crippen LogP contribution in [-0.2, 0) is 19.1 Å². The Morgan fingerprint density at radius 3 is 1.96 bits per heavy atom. The molecule has 4 aliphatic carbocycles. The van der Waals surface area contributed by atoms with Crippen molar-refractivity contribution in [2.75, 3.05) is 0 Å². The molecule has 0 heterocycles. The Labute approximate surface area is 139 Å². The van der Waals surface area contributed by atoms with E-state index in [1.165, 1.54) is 6.42 Å². The van der Waals surface area contributed by atoms with Gasteiger partial charge < -0.3 is 9.47 Å². The van der Waals surface area contributed by atoms with Gasteiger partial charge >= 0.3 is 18.1 Å². The fourth-order valence-electron chi connectivity index (χ4n) is 4.81. The molecular weight excluding hydrogens is 325 g/mol. The predicted molar refractivity (Wildman–Crippen MR) is 77.8 cm³/mol. The Kier molecular flexibility index (Phi) is 4.80. The number of hydrogen-bond acceptors (Lipinski definition) is 4. The summed E-state index contributed by atoms with van der Waals surface area (Å²) in [5.74, 6) is 0.832. The third-order valence-electron chi connectivity index (χ3n) is 5.71. The fourth-order valence-corrected chi connectivity index (χ4v) is 4.81. The second-order valence-electron chi connectivity index (χ2n) is 7.56. The van der Waals surface area contributed by atoms with Crippen molar-refractivity contribution in [1.29, 1.82) is 0 Å². The third-order valence-corrected chi connectivity index (χ3v) is 5.71.